The van der Waals surface area contributed by atoms with Crippen LogP contribution in [0, 0.1) is 0 Å². The maximum absolute atomic E-state index is 12.6. The molecule has 3 heterocycles. The Kier molecular flexibility index (Phi) is 6.51. The summed E-state index contributed by atoms with van der Waals surface area (Å²) in [6, 6.07) is 24.5. The molecule has 1 N–H and O–H groups in total. The van der Waals surface area contributed by atoms with Crippen LogP contribution in [0.4, 0.5) is 5.69 Å². The lowest BCUT2D eigenvalue weighted by Gasteiger charge is -2.36. The molecule has 0 bridgehead atoms. The monoisotopic (exact) mass is 458 g/mol. The lowest BCUT2D eigenvalue weighted by Crippen LogP contribution is -2.46. The maximum atomic E-state index is 12.6. The number of nitrogens with zero attached hydrogens (tertiary/aromatic N) is 3. The number of rotatable bonds is 7. The van der Waals surface area contributed by atoms with Crippen LogP contribution >= 0.6 is 11.3 Å². The second-order valence-corrected chi connectivity index (χ2v) is 9.05. The predicted molar refractivity (Wildman–Crippen MR) is 131 cm³/mol. The molecule has 0 unspecified atom stereocenters. The minimum absolute atomic E-state index is 0.229. The van der Waals surface area contributed by atoms with Gasteiger partial charge in [0.2, 0.25) is 0 Å². The molecule has 1 aliphatic rings. The SMILES string of the molecule is O=C(NCc1ccccc1CN1CCN(c2ccccc2)CC1)c1cc(-c2cccs2)on1. The molecule has 4 aromatic rings. The van der Waals surface area contributed by atoms with Gasteiger partial charge in [-0.1, -0.05) is 53.7 Å². The molecule has 6 nitrogen and oxygen atoms in total. The average molecular weight is 459 g/mol. The van der Waals surface area contributed by atoms with Gasteiger partial charge in [-0.05, 0) is 34.7 Å². The highest BCUT2D eigenvalue weighted by molar-refractivity contribution is 7.13. The number of thiophene rings is 1. The molecule has 2 aromatic heterocycles. The molecule has 33 heavy (non-hydrogen) atoms. The number of aromatic nitrogens is 1. The van der Waals surface area contributed by atoms with Crippen molar-refractivity contribution < 1.29 is 9.32 Å². The summed E-state index contributed by atoms with van der Waals surface area (Å²) in [6.07, 6.45) is 0. The molecule has 1 saturated heterocycles. The summed E-state index contributed by atoms with van der Waals surface area (Å²) in [6.45, 7) is 5.39. The number of carbonyl (C=O) groups is 1. The molecule has 0 aliphatic carbocycles. The smallest absolute Gasteiger partial charge is 0.273 e. The Morgan fingerprint density at radius 3 is 2.45 bits per heavy atom. The Labute approximate surface area is 197 Å². The van der Waals surface area contributed by atoms with Gasteiger partial charge >= 0.3 is 0 Å². The van der Waals surface area contributed by atoms with Crippen LogP contribution in [-0.4, -0.2) is 42.1 Å². The molecular weight excluding hydrogens is 432 g/mol. The molecule has 5 rings (SSSR count). The Balaban J connectivity index is 1.17. The van der Waals surface area contributed by atoms with Crippen LogP contribution in [0.15, 0.2) is 82.7 Å². The van der Waals surface area contributed by atoms with E-state index in [0.29, 0.717) is 18.0 Å². The summed E-state index contributed by atoms with van der Waals surface area (Å²) in [5.41, 5.74) is 3.95. The fourth-order valence-corrected chi connectivity index (χ4v) is 4.78. The molecule has 0 radical (unpaired) electrons. The van der Waals surface area contributed by atoms with Gasteiger partial charge in [-0.25, -0.2) is 0 Å². The van der Waals surface area contributed by atoms with Gasteiger partial charge in [-0.15, -0.1) is 11.3 Å². The zero-order valence-electron chi connectivity index (χ0n) is 18.3. The summed E-state index contributed by atoms with van der Waals surface area (Å²) in [4.78, 5) is 18.5. The number of hydrogen-bond donors (Lipinski definition) is 1. The number of piperazine rings is 1. The molecular formula is C26H26N4O2S. The highest BCUT2D eigenvalue weighted by Crippen LogP contribution is 2.25. The van der Waals surface area contributed by atoms with Gasteiger partial charge in [0.1, 0.15) is 0 Å². The average Bonchev–Trinajstić information content (AvgIpc) is 3.57. The number of carbonyl (C=O) groups excluding carboxylic acids is 1. The standard InChI is InChI=1S/C26H26N4O2S/c31-26(23-17-24(32-28-23)25-11-6-16-33-25)27-18-20-7-4-5-8-21(20)19-29-12-14-30(15-13-29)22-9-2-1-3-10-22/h1-11,16-17H,12-15,18-19H2,(H,27,31). The van der Waals surface area contributed by atoms with Gasteiger partial charge in [0.15, 0.2) is 11.5 Å². The van der Waals surface area contributed by atoms with E-state index in [1.807, 2.05) is 23.6 Å². The van der Waals surface area contributed by atoms with Crippen LogP contribution in [0.5, 0.6) is 0 Å². The van der Waals surface area contributed by atoms with Crippen molar-refractivity contribution in [3.63, 3.8) is 0 Å². The summed E-state index contributed by atoms with van der Waals surface area (Å²) in [5, 5.41) is 8.90. The number of amides is 1. The van der Waals surface area contributed by atoms with Gasteiger partial charge in [-0.3, -0.25) is 9.69 Å². The molecule has 0 atom stereocenters. The molecule has 0 saturated carbocycles. The van der Waals surface area contributed by atoms with E-state index in [0.717, 1.165) is 43.2 Å². The predicted octanol–water partition coefficient (Wildman–Crippen LogP) is 4.66. The quantitative estimate of drug-likeness (QED) is 0.437. The van der Waals surface area contributed by atoms with Crippen molar-refractivity contribution in [2.45, 2.75) is 13.1 Å². The van der Waals surface area contributed by atoms with Gasteiger partial charge in [0, 0.05) is 51.0 Å². The third kappa shape index (κ3) is 5.16. The van der Waals surface area contributed by atoms with Crippen molar-refractivity contribution in [3.05, 3.63) is 95.0 Å². The molecule has 168 valence electrons. The third-order valence-electron chi connectivity index (χ3n) is 5.95. The fourth-order valence-electron chi connectivity index (χ4n) is 4.11. The lowest BCUT2D eigenvalue weighted by molar-refractivity contribution is 0.0941. The summed E-state index contributed by atoms with van der Waals surface area (Å²) < 4.78 is 5.34. The molecule has 1 fully saturated rings. The van der Waals surface area contributed by atoms with E-state index in [1.165, 1.54) is 11.3 Å². The van der Waals surface area contributed by atoms with E-state index < -0.39 is 0 Å². The van der Waals surface area contributed by atoms with Crippen molar-refractivity contribution in [1.82, 2.24) is 15.4 Å². The zero-order chi connectivity index (χ0) is 22.5. The minimum Gasteiger partial charge on any atom is -0.369 e. The Morgan fingerprint density at radius 1 is 0.939 bits per heavy atom. The lowest BCUT2D eigenvalue weighted by atomic mass is 10.1. The highest BCUT2D eigenvalue weighted by Gasteiger charge is 2.19. The van der Waals surface area contributed by atoms with Crippen molar-refractivity contribution in [1.29, 1.82) is 0 Å². The Hall–Kier alpha value is -3.42. The summed E-state index contributed by atoms with van der Waals surface area (Å²) >= 11 is 1.56. The maximum Gasteiger partial charge on any atom is 0.273 e. The molecule has 2 aromatic carbocycles. The Bertz CT molecular complexity index is 1180. The zero-order valence-corrected chi connectivity index (χ0v) is 19.1. The second kappa shape index (κ2) is 10.0. The molecule has 0 spiro atoms. The summed E-state index contributed by atoms with van der Waals surface area (Å²) in [5.74, 6) is 0.387. The van der Waals surface area contributed by atoms with Crippen LogP contribution < -0.4 is 10.2 Å². The topological polar surface area (TPSA) is 61.6 Å². The molecule has 1 amide bonds. The minimum atomic E-state index is -0.229. The van der Waals surface area contributed by atoms with Crippen LogP contribution in [0.1, 0.15) is 21.6 Å². The number of para-hydroxylation sites is 1. The number of anilines is 1. The van der Waals surface area contributed by atoms with Crippen LogP contribution in [-0.2, 0) is 13.1 Å². The van der Waals surface area contributed by atoms with Gasteiger partial charge in [-0.2, -0.15) is 0 Å². The van der Waals surface area contributed by atoms with Crippen molar-refractivity contribution in [3.8, 4) is 10.6 Å². The fraction of sp³-hybridized carbons (Fsp3) is 0.231. The number of hydrogen-bond acceptors (Lipinski definition) is 6. The second-order valence-electron chi connectivity index (χ2n) is 8.10. The Morgan fingerprint density at radius 2 is 1.70 bits per heavy atom. The first kappa shape index (κ1) is 21.4. The van der Waals surface area contributed by atoms with E-state index >= 15 is 0 Å². The van der Waals surface area contributed by atoms with E-state index in [1.54, 1.807) is 17.4 Å². The van der Waals surface area contributed by atoms with E-state index in [4.69, 9.17) is 4.52 Å². The van der Waals surface area contributed by atoms with Gasteiger partial charge < -0.3 is 14.7 Å². The van der Waals surface area contributed by atoms with Gasteiger partial charge in [0.05, 0.1) is 4.88 Å². The van der Waals surface area contributed by atoms with Gasteiger partial charge in [0.25, 0.3) is 5.91 Å². The molecule has 1 aliphatic heterocycles. The van der Waals surface area contributed by atoms with Crippen molar-refractivity contribution >= 4 is 22.9 Å². The van der Waals surface area contributed by atoms with Crippen LogP contribution in [0.25, 0.3) is 10.6 Å². The highest BCUT2D eigenvalue weighted by atomic mass is 32.1. The first-order chi connectivity index (χ1) is 16.3. The normalized spacial score (nSPS) is 14.4. The number of nitrogens with one attached hydrogen (secondary N) is 1. The van der Waals surface area contributed by atoms with E-state index in [9.17, 15) is 4.79 Å². The van der Waals surface area contributed by atoms with Crippen molar-refractivity contribution in [2.75, 3.05) is 31.1 Å². The van der Waals surface area contributed by atoms with Crippen molar-refractivity contribution in [2.24, 2.45) is 0 Å². The molecule has 7 heteroatoms. The van der Waals surface area contributed by atoms with E-state index in [-0.39, 0.29) is 5.91 Å². The van der Waals surface area contributed by atoms with Crippen LogP contribution in [0.2, 0.25) is 0 Å². The van der Waals surface area contributed by atoms with Crippen LogP contribution in [0.3, 0.4) is 0 Å². The number of benzene rings is 2. The van der Waals surface area contributed by atoms with E-state index in [2.05, 4.69) is 68.8 Å². The third-order valence-corrected chi connectivity index (χ3v) is 6.84. The first-order valence-corrected chi connectivity index (χ1v) is 12.0. The largest absolute Gasteiger partial charge is 0.369 e. The first-order valence-electron chi connectivity index (χ1n) is 11.1. The summed E-state index contributed by atoms with van der Waals surface area (Å²) in [7, 11) is 0.